The Morgan fingerprint density at radius 3 is 1.31 bits per heavy atom. The van der Waals surface area contributed by atoms with Gasteiger partial charge in [0.25, 0.3) is 0 Å². The Morgan fingerprint density at radius 1 is 0.564 bits per heavy atom. The molecular weight excluding hydrogens is 595 g/mol. The van der Waals surface area contributed by atoms with Crippen LogP contribution in [0.25, 0.3) is 22.3 Å². The molecule has 0 amide bonds. The molecule has 0 aliphatic carbocycles. The summed E-state index contributed by atoms with van der Waals surface area (Å²) in [6.45, 7) is 1.13. The molecule has 3 aromatic carbocycles. The number of halogens is 9. The van der Waals surface area contributed by atoms with Crippen molar-refractivity contribution in [2.24, 2.45) is 0 Å². The first-order valence-corrected chi connectivity index (χ1v) is 12.9. The molecule has 0 spiro atoms. The van der Waals surface area contributed by atoms with Gasteiger partial charge in [-0.25, -0.2) is 0 Å². The topological polar surface area (TPSA) is 86.7 Å². The van der Waals surface area contributed by atoms with Gasteiger partial charge in [0.05, 0.1) is 5.56 Å². The normalized spacial score (nSPS) is 13.3. The molecule has 39 heavy (non-hydrogen) atoms. The maximum absolute atomic E-state index is 14.1. The van der Waals surface area contributed by atoms with Crippen LogP contribution < -0.4 is 8.37 Å². The van der Waals surface area contributed by atoms with E-state index < -0.39 is 60.1 Å². The van der Waals surface area contributed by atoms with Gasteiger partial charge < -0.3 is 8.37 Å². The van der Waals surface area contributed by atoms with E-state index in [4.69, 9.17) is 0 Å². The van der Waals surface area contributed by atoms with Crippen LogP contribution in [0.2, 0.25) is 0 Å². The van der Waals surface area contributed by atoms with Crippen LogP contribution in [-0.4, -0.2) is 27.9 Å². The Bertz CT molecular complexity index is 1570. The Hall–Kier alpha value is -3.47. The lowest BCUT2D eigenvalue weighted by molar-refractivity contribution is -0.137. The van der Waals surface area contributed by atoms with Crippen LogP contribution in [0.5, 0.6) is 11.5 Å². The summed E-state index contributed by atoms with van der Waals surface area (Å²) in [6, 6.07) is 8.99. The summed E-state index contributed by atoms with van der Waals surface area (Å²) in [5, 5.41) is 0. The van der Waals surface area contributed by atoms with Gasteiger partial charge in [-0.05, 0) is 53.4 Å². The fourth-order valence-electron chi connectivity index (χ4n) is 3.33. The van der Waals surface area contributed by atoms with Gasteiger partial charge in [-0.3, -0.25) is 0 Å². The van der Waals surface area contributed by atoms with Gasteiger partial charge in [0.1, 0.15) is 11.5 Å². The number of rotatable bonds is 6. The summed E-state index contributed by atoms with van der Waals surface area (Å²) in [7, 11) is -12.1. The molecule has 0 saturated carbocycles. The first-order valence-electron chi connectivity index (χ1n) is 10.1. The quantitative estimate of drug-likeness (QED) is 0.174. The Morgan fingerprint density at radius 2 is 0.949 bits per heavy atom. The van der Waals surface area contributed by atoms with Crippen molar-refractivity contribution < 1.29 is 64.7 Å². The zero-order chi connectivity index (χ0) is 29.6. The molecule has 3 rings (SSSR count). The highest BCUT2D eigenvalue weighted by atomic mass is 32.2. The van der Waals surface area contributed by atoms with E-state index in [-0.39, 0.29) is 22.3 Å². The first kappa shape index (κ1) is 30.1. The molecule has 0 bridgehead atoms. The summed E-state index contributed by atoms with van der Waals surface area (Å²) in [6.07, 6.45) is -4.96. The standard InChI is InChI=1S/C22H13F9O6S2/c1-12-2-11-17(13-3-7-15(8-4-13)36-38(32,33)21(26,27)28)18(19(12)20(23,24)25)14-5-9-16(10-6-14)37-39(34,35)22(29,30)31/h2-11H,1H3. The van der Waals surface area contributed by atoms with Crippen LogP contribution in [0, 0.1) is 6.92 Å². The first-order chi connectivity index (χ1) is 17.6. The molecule has 17 heteroatoms. The highest BCUT2D eigenvalue weighted by Crippen LogP contribution is 2.45. The van der Waals surface area contributed by atoms with Gasteiger partial charge in [0, 0.05) is 5.56 Å². The molecular formula is C22H13F9O6S2. The molecule has 0 aliphatic rings. The molecule has 0 N–H and O–H groups in total. The van der Waals surface area contributed by atoms with E-state index in [2.05, 4.69) is 8.37 Å². The highest BCUT2D eigenvalue weighted by Gasteiger charge is 2.49. The molecule has 0 unspecified atom stereocenters. The van der Waals surface area contributed by atoms with Crippen molar-refractivity contribution in [3.05, 3.63) is 71.8 Å². The molecule has 0 saturated heterocycles. The van der Waals surface area contributed by atoms with Crippen LogP contribution in [0.15, 0.2) is 60.7 Å². The van der Waals surface area contributed by atoms with Gasteiger partial charge in [0.15, 0.2) is 0 Å². The molecule has 0 atom stereocenters. The molecule has 0 fully saturated rings. The second-order valence-corrected chi connectivity index (χ2v) is 10.8. The monoisotopic (exact) mass is 608 g/mol. The lowest BCUT2D eigenvalue weighted by Gasteiger charge is -2.20. The maximum atomic E-state index is 14.1. The van der Waals surface area contributed by atoms with Crippen molar-refractivity contribution >= 4 is 20.2 Å². The van der Waals surface area contributed by atoms with Crippen LogP contribution in [-0.2, 0) is 26.4 Å². The van der Waals surface area contributed by atoms with Crippen molar-refractivity contribution in [3.63, 3.8) is 0 Å². The second-order valence-electron chi connectivity index (χ2n) is 7.69. The fourth-order valence-corrected chi connectivity index (χ4v) is 4.25. The van der Waals surface area contributed by atoms with Gasteiger partial charge in [0.2, 0.25) is 0 Å². The molecule has 0 radical (unpaired) electrons. The minimum absolute atomic E-state index is 0.0350. The van der Waals surface area contributed by atoms with E-state index in [1.54, 1.807) is 0 Å². The van der Waals surface area contributed by atoms with E-state index in [0.29, 0.717) is 12.1 Å². The zero-order valence-corrected chi connectivity index (χ0v) is 20.6. The minimum Gasteiger partial charge on any atom is -0.376 e. The molecule has 3 aromatic rings. The predicted molar refractivity (Wildman–Crippen MR) is 118 cm³/mol. The summed E-state index contributed by atoms with van der Waals surface area (Å²) in [4.78, 5) is 0. The van der Waals surface area contributed by atoms with E-state index in [9.17, 15) is 56.3 Å². The molecule has 212 valence electrons. The predicted octanol–water partition coefficient (Wildman–Crippen LogP) is 6.80. The smallest absolute Gasteiger partial charge is 0.376 e. The van der Waals surface area contributed by atoms with E-state index in [0.717, 1.165) is 49.4 Å². The number of benzene rings is 3. The van der Waals surface area contributed by atoms with Crippen molar-refractivity contribution in [1.82, 2.24) is 0 Å². The largest absolute Gasteiger partial charge is 0.534 e. The average molecular weight is 608 g/mol. The van der Waals surface area contributed by atoms with Crippen LogP contribution in [0.3, 0.4) is 0 Å². The van der Waals surface area contributed by atoms with E-state index in [1.807, 2.05) is 0 Å². The molecule has 0 aliphatic heterocycles. The summed E-state index contributed by atoms with van der Waals surface area (Å²) in [5.41, 5.74) is -13.9. The number of alkyl halides is 9. The third kappa shape index (κ3) is 6.41. The lowest BCUT2D eigenvalue weighted by Crippen LogP contribution is -2.28. The third-order valence-electron chi connectivity index (χ3n) is 4.98. The fraction of sp³-hybridized carbons (Fsp3) is 0.182. The summed E-state index contributed by atoms with van der Waals surface area (Å²) in [5.74, 6) is -1.63. The number of aryl methyl sites for hydroxylation is 1. The van der Waals surface area contributed by atoms with Crippen molar-refractivity contribution in [1.29, 1.82) is 0 Å². The lowest BCUT2D eigenvalue weighted by atomic mass is 9.87. The Balaban J connectivity index is 2.12. The molecule has 0 aromatic heterocycles. The zero-order valence-electron chi connectivity index (χ0n) is 18.9. The molecule has 6 nitrogen and oxygen atoms in total. The van der Waals surface area contributed by atoms with Crippen molar-refractivity contribution in [2.75, 3.05) is 0 Å². The number of hydrogen-bond donors (Lipinski definition) is 0. The molecule has 0 heterocycles. The SMILES string of the molecule is Cc1ccc(-c2ccc(OS(=O)(=O)C(F)(F)F)cc2)c(-c2ccc(OS(=O)(=O)C(F)(F)F)cc2)c1C(F)(F)F. The Labute approximate surface area is 214 Å². The third-order valence-corrected chi connectivity index (χ3v) is 6.94. The van der Waals surface area contributed by atoms with Crippen molar-refractivity contribution in [2.45, 2.75) is 24.1 Å². The van der Waals surface area contributed by atoms with Crippen LogP contribution in [0.4, 0.5) is 39.5 Å². The van der Waals surface area contributed by atoms with Gasteiger partial charge in [-0.2, -0.15) is 56.3 Å². The minimum atomic E-state index is -6.05. The number of hydrogen-bond acceptors (Lipinski definition) is 6. The van der Waals surface area contributed by atoms with Gasteiger partial charge in [-0.15, -0.1) is 0 Å². The van der Waals surface area contributed by atoms with Crippen LogP contribution in [0.1, 0.15) is 11.1 Å². The van der Waals surface area contributed by atoms with Gasteiger partial charge in [-0.1, -0.05) is 36.4 Å². The maximum Gasteiger partial charge on any atom is 0.534 e. The highest BCUT2D eigenvalue weighted by molar-refractivity contribution is 7.88. The summed E-state index contributed by atoms with van der Waals surface area (Å²) >= 11 is 0. The van der Waals surface area contributed by atoms with Crippen LogP contribution >= 0.6 is 0 Å². The second kappa shape index (κ2) is 9.93. The van der Waals surface area contributed by atoms with Crippen molar-refractivity contribution in [3.8, 4) is 33.8 Å². The Kier molecular flexibility index (Phi) is 7.66. The van der Waals surface area contributed by atoms with E-state index >= 15 is 0 Å². The average Bonchev–Trinajstić information content (AvgIpc) is 2.77. The van der Waals surface area contributed by atoms with Gasteiger partial charge >= 0.3 is 37.4 Å². The summed E-state index contributed by atoms with van der Waals surface area (Å²) < 4.78 is 170. The van der Waals surface area contributed by atoms with E-state index in [1.165, 1.54) is 6.07 Å².